The summed E-state index contributed by atoms with van der Waals surface area (Å²) in [6, 6.07) is 16.6. The second kappa shape index (κ2) is 7.39. The Morgan fingerprint density at radius 3 is 2.57 bits per heavy atom. The van der Waals surface area contributed by atoms with E-state index in [1.165, 1.54) is 23.4 Å². The van der Waals surface area contributed by atoms with E-state index in [1.54, 1.807) is 12.1 Å². The molecule has 3 N–H and O–H groups in total. The highest BCUT2D eigenvalue weighted by Gasteiger charge is 2.18. The maximum Gasteiger partial charge on any atom is 0.277 e. The van der Waals surface area contributed by atoms with Gasteiger partial charge in [-0.3, -0.25) is 0 Å². The number of nitrogens with zero attached hydrogens (tertiary/aromatic N) is 2. The molecule has 4 nitrogen and oxygen atoms in total. The number of halogens is 1. The molecule has 0 radical (unpaired) electrons. The maximum absolute atomic E-state index is 13.6. The van der Waals surface area contributed by atoms with Crippen LogP contribution in [0.25, 0.3) is 0 Å². The van der Waals surface area contributed by atoms with Crippen LogP contribution in [0, 0.1) is 5.82 Å². The lowest BCUT2D eigenvalue weighted by molar-refractivity contribution is -0.431. The van der Waals surface area contributed by atoms with Gasteiger partial charge in [0.15, 0.2) is 6.04 Å². The summed E-state index contributed by atoms with van der Waals surface area (Å²) >= 11 is 1.32. The monoisotopic (exact) mass is 330 g/mol. The van der Waals surface area contributed by atoms with Gasteiger partial charge in [-0.2, -0.15) is 0 Å². The summed E-state index contributed by atoms with van der Waals surface area (Å²) in [6.45, 7) is 0. The fraction of sp³-hybridized carbons (Fsp3) is 0.176. The van der Waals surface area contributed by atoms with Crippen LogP contribution in [0.2, 0.25) is 0 Å². The summed E-state index contributed by atoms with van der Waals surface area (Å²) in [5.74, 6) is 0.734. The minimum absolute atomic E-state index is 0.104. The molecule has 23 heavy (non-hydrogen) atoms. The van der Waals surface area contributed by atoms with Gasteiger partial charge in [-0.05, 0) is 17.2 Å². The van der Waals surface area contributed by atoms with Crippen LogP contribution in [0.4, 0.5) is 4.39 Å². The third kappa shape index (κ3) is 4.18. The molecule has 0 bridgehead atoms. The van der Waals surface area contributed by atoms with E-state index in [9.17, 15) is 4.39 Å². The zero-order chi connectivity index (χ0) is 16.1. The summed E-state index contributed by atoms with van der Waals surface area (Å²) in [5.41, 5.74) is 5.87. The number of hydrogen-bond donors (Lipinski definition) is 1. The highest BCUT2D eigenvalue weighted by Crippen LogP contribution is 2.24. The molecular weight excluding hydrogens is 313 g/mol. The summed E-state index contributed by atoms with van der Waals surface area (Å²) in [4.78, 5) is 0. The van der Waals surface area contributed by atoms with E-state index in [4.69, 9.17) is 4.42 Å². The predicted molar refractivity (Wildman–Crippen MR) is 86.0 cm³/mol. The topological polar surface area (TPSA) is 66.6 Å². The number of thioether (sulfide) groups is 1. The van der Waals surface area contributed by atoms with Gasteiger partial charge in [0, 0.05) is 12.2 Å². The van der Waals surface area contributed by atoms with Crippen LogP contribution in [0.15, 0.2) is 64.2 Å². The van der Waals surface area contributed by atoms with Crippen LogP contribution in [-0.4, -0.2) is 10.2 Å². The van der Waals surface area contributed by atoms with Gasteiger partial charge in [-0.25, -0.2) is 4.39 Å². The minimum atomic E-state index is -0.223. The molecule has 0 aliphatic rings. The second-order valence-corrected chi connectivity index (χ2v) is 6.10. The number of hydrogen-bond acceptors (Lipinski definition) is 4. The molecule has 1 aromatic heterocycles. The average molecular weight is 330 g/mol. The molecule has 118 valence electrons. The van der Waals surface area contributed by atoms with Gasteiger partial charge in [0.1, 0.15) is 5.82 Å². The Balaban J connectivity index is 1.60. The molecule has 0 aliphatic heterocycles. The Kier molecular flexibility index (Phi) is 5.05. The first-order chi connectivity index (χ1) is 11.2. The SMILES string of the molecule is [NH3+]C(Cc1ccccc1)c1nnc(SCc2ccccc2F)o1. The van der Waals surface area contributed by atoms with E-state index in [0.717, 1.165) is 6.42 Å². The van der Waals surface area contributed by atoms with Crippen LogP contribution in [0.5, 0.6) is 0 Å². The first-order valence-electron chi connectivity index (χ1n) is 7.29. The lowest BCUT2D eigenvalue weighted by Gasteiger charge is -2.03. The summed E-state index contributed by atoms with van der Waals surface area (Å²) in [5, 5.41) is 8.50. The Morgan fingerprint density at radius 1 is 1.04 bits per heavy atom. The third-order valence-electron chi connectivity index (χ3n) is 3.41. The van der Waals surface area contributed by atoms with Gasteiger partial charge >= 0.3 is 0 Å². The van der Waals surface area contributed by atoms with E-state index in [1.807, 2.05) is 36.4 Å². The second-order valence-electron chi connectivity index (χ2n) is 5.17. The zero-order valence-corrected chi connectivity index (χ0v) is 13.3. The van der Waals surface area contributed by atoms with Crippen molar-refractivity contribution in [3.05, 3.63) is 77.4 Å². The maximum atomic E-state index is 13.6. The van der Waals surface area contributed by atoms with Gasteiger partial charge in [0.2, 0.25) is 0 Å². The predicted octanol–water partition coefficient (Wildman–Crippen LogP) is 3.03. The Hall–Kier alpha value is -2.18. The quantitative estimate of drug-likeness (QED) is 0.706. The number of quaternary nitrogens is 1. The van der Waals surface area contributed by atoms with Gasteiger partial charge in [0.05, 0.1) is 0 Å². The van der Waals surface area contributed by atoms with E-state index in [0.29, 0.717) is 22.4 Å². The molecular formula is C17H17FN3OS+. The average Bonchev–Trinajstić information content (AvgIpc) is 3.04. The fourth-order valence-electron chi connectivity index (χ4n) is 2.18. The first-order valence-corrected chi connectivity index (χ1v) is 8.27. The van der Waals surface area contributed by atoms with Gasteiger partial charge in [0.25, 0.3) is 11.1 Å². The normalized spacial score (nSPS) is 12.3. The molecule has 6 heteroatoms. The molecule has 0 aliphatic carbocycles. The van der Waals surface area contributed by atoms with E-state index >= 15 is 0 Å². The number of aromatic nitrogens is 2. The van der Waals surface area contributed by atoms with Crippen molar-refractivity contribution in [1.82, 2.24) is 10.2 Å². The van der Waals surface area contributed by atoms with Gasteiger partial charge < -0.3 is 10.2 Å². The summed E-state index contributed by atoms with van der Waals surface area (Å²) in [6.07, 6.45) is 0.737. The molecule has 3 aromatic rings. The fourth-order valence-corrected chi connectivity index (χ4v) is 2.94. The van der Waals surface area contributed by atoms with E-state index in [-0.39, 0.29) is 11.9 Å². The molecule has 0 amide bonds. The van der Waals surface area contributed by atoms with Crippen molar-refractivity contribution < 1.29 is 14.5 Å². The zero-order valence-electron chi connectivity index (χ0n) is 12.5. The molecule has 0 fully saturated rings. The van der Waals surface area contributed by atoms with Crippen molar-refractivity contribution in [2.45, 2.75) is 23.4 Å². The Bertz CT molecular complexity index is 763. The van der Waals surface area contributed by atoms with E-state index in [2.05, 4.69) is 15.9 Å². The minimum Gasteiger partial charge on any atom is -0.410 e. The van der Waals surface area contributed by atoms with Crippen LogP contribution < -0.4 is 5.73 Å². The number of rotatable bonds is 6. The lowest BCUT2D eigenvalue weighted by atomic mass is 10.1. The van der Waals surface area contributed by atoms with Crippen molar-refractivity contribution in [1.29, 1.82) is 0 Å². The van der Waals surface area contributed by atoms with Crippen molar-refractivity contribution in [3.8, 4) is 0 Å². The van der Waals surface area contributed by atoms with Gasteiger partial charge in [-0.1, -0.05) is 60.3 Å². The smallest absolute Gasteiger partial charge is 0.277 e. The molecule has 1 atom stereocenters. The summed E-state index contributed by atoms with van der Waals surface area (Å²) in [7, 11) is 0. The van der Waals surface area contributed by atoms with Crippen LogP contribution in [0.3, 0.4) is 0 Å². The molecule has 0 saturated heterocycles. The highest BCUT2D eigenvalue weighted by atomic mass is 32.2. The molecule has 0 spiro atoms. The van der Waals surface area contributed by atoms with Crippen molar-refractivity contribution in [2.24, 2.45) is 0 Å². The molecule has 1 unspecified atom stereocenters. The van der Waals surface area contributed by atoms with Crippen molar-refractivity contribution in [2.75, 3.05) is 0 Å². The van der Waals surface area contributed by atoms with Crippen LogP contribution in [-0.2, 0) is 12.2 Å². The van der Waals surface area contributed by atoms with Gasteiger partial charge in [-0.15, -0.1) is 10.2 Å². The lowest BCUT2D eigenvalue weighted by Crippen LogP contribution is -2.54. The van der Waals surface area contributed by atoms with Crippen molar-refractivity contribution in [3.63, 3.8) is 0 Å². The van der Waals surface area contributed by atoms with Crippen molar-refractivity contribution >= 4 is 11.8 Å². The largest absolute Gasteiger partial charge is 0.410 e. The standard InChI is InChI=1S/C17H16FN3OS/c18-14-9-5-4-8-13(14)11-23-17-21-20-16(22-17)15(19)10-12-6-2-1-3-7-12/h1-9,15H,10-11,19H2/p+1. The molecule has 0 saturated carbocycles. The number of benzene rings is 2. The highest BCUT2D eigenvalue weighted by molar-refractivity contribution is 7.98. The molecule has 3 rings (SSSR count). The summed E-state index contributed by atoms with van der Waals surface area (Å²) < 4.78 is 19.2. The van der Waals surface area contributed by atoms with E-state index < -0.39 is 0 Å². The molecule has 2 aromatic carbocycles. The Morgan fingerprint density at radius 2 is 1.78 bits per heavy atom. The van der Waals surface area contributed by atoms with Crippen LogP contribution in [0.1, 0.15) is 23.1 Å². The van der Waals surface area contributed by atoms with Crippen LogP contribution >= 0.6 is 11.8 Å². The Labute approximate surface area is 137 Å². The molecule has 1 heterocycles. The third-order valence-corrected chi connectivity index (χ3v) is 4.27. The first kappa shape index (κ1) is 15.7.